The molecule has 9 heteroatoms. The molecule has 1 atom stereocenters. The van der Waals surface area contributed by atoms with Crippen molar-refractivity contribution in [3.8, 4) is 0 Å². The molecule has 0 unspecified atom stereocenters. The van der Waals surface area contributed by atoms with Crippen LogP contribution >= 0.6 is 58.2 Å². The molecule has 0 radical (unpaired) electrons. The van der Waals surface area contributed by atoms with Crippen LogP contribution in [0, 0.1) is 0 Å². The SMILES string of the molecule is CC(C)NC(=O)[C@H](Cc1ccccc1)N(Cc1ccc(Cl)c(Cl)c1)C(=O)CSCc1ccc(Cl)c(Cl)c1. The van der Waals surface area contributed by atoms with Crippen molar-refractivity contribution < 1.29 is 9.59 Å². The molecule has 0 saturated carbocycles. The van der Waals surface area contributed by atoms with Gasteiger partial charge in [-0.15, -0.1) is 11.8 Å². The number of nitrogens with zero attached hydrogens (tertiary/aromatic N) is 1. The number of carbonyl (C=O) groups is 2. The molecule has 37 heavy (non-hydrogen) atoms. The van der Waals surface area contributed by atoms with E-state index in [9.17, 15) is 9.59 Å². The molecule has 2 amide bonds. The first-order valence-corrected chi connectivity index (χ1v) is 14.4. The van der Waals surface area contributed by atoms with Gasteiger partial charge in [-0.2, -0.15) is 0 Å². The van der Waals surface area contributed by atoms with Crippen molar-refractivity contribution in [2.45, 2.75) is 44.6 Å². The van der Waals surface area contributed by atoms with E-state index in [1.807, 2.05) is 56.3 Å². The topological polar surface area (TPSA) is 49.4 Å². The molecule has 0 fully saturated rings. The molecule has 0 aromatic heterocycles. The van der Waals surface area contributed by atoms with Crippen molar-refractivity contribution >= 4 is 70.0 Å². The summed E-state index contributed by atoms with van der Waals surface area (Å²) in [5.74, 6) is 0.393. The molecule has 196 valence electrons. The van der Waals surface area contributed by atoms with Crippen LogP contribution in [0.4, 0.5) is 0 Å². The Bertz CT molecular complexity index is 1220. The number of hydrogen-bond acceptors (Lipinski definition) is 3. The van der Waals surface area contributed by atoms with E-state index in [1.54, 1.807) is 29.2 Å². The molecule has 4 nitrogen and oxygen atoms in total. The fourth-order valence-electron chi connectivity index (χ4n) is 3.74. The van der Waals surface area contributed by atoms with Gasteiger partial charge in [-0.25, -0.2) is 0 Å². The number of carbonyl (C=O) groups excluding carboxylic acids is 2. The highest BCUT2D eigenvalue weighted by Crippen LogP contribution is 2.26. The average Bonchev–Trinajstić information content (AvgIpc) is 2.85. The first-order valence-electron chi connectivity index (χ1n) is 11.7. The van der Waals surface area contributed by atoms with E-state index in [4.69, 9.17) is 46.4 Å². The Morgan fingerprint density at radius 3 is 2.00 bits per heavy atom. The van der Waals surface area contributed by atoms with Gasteiger partial charge in [0.15, 0.2) is 0 Å². The summed E-state index contributed by atoms with van der Waals surface area (Å²) < 4.78 is 0. The van der Waals surface area contributed by atoms with Gasteiger partial charge in [0.2, 0.25) is 11.8 Å². The quantitative estimate of drug-likeness (QED) is 0.246. The van der Waals surface area contributed by atoms with E-state index in [0.29, 0.717) is 32.3 Å². The standard InChI is InChI=1S/C28H28Cl4N2O2S/c1-18(2)33-28(36)26(14-19-6-4-3-5-7-19)34(15-20-8-10-22(29)24(31)12-20)27(35)17-37-16-21-9-11-23(30)25(32)13-21/h3-13,18,26H,14-17H2,1-2H3,(H,33,36)/t26-/m0/s1. The highest BCUT2D eigenvalue weighted by atomic mass is 35.5. The van der Waals surface area contributed by atoms with E-state index >= 15 is 0 Å². The van der Waals surface area contributed by atoms with Gasteiger partial charge in [-0.1, -0.05) is 88.9 Å². The van der Waals surface area contributed by atoms with Gasteiger partial charge < -0.3 is 10.2 Å². The predicted octanol–water partition coefficient (Wildman–Crippen LogP) is 7.70. The summed E-state index contributed by atoms with van der Waals surface area (Å²) in [4.78, 5) is 28.7. The molecular formula is C28H28Cl4N2O2S. The average molecular weight is 598 g/mol. The van der Waals surface area contributed by atoms with Crippen molar-refractivity contribution in [2.24, 2.45) is 0 Å². The van der Waals surface area contributed by atoms with E-state index < -0.39 is 6.04 Å². The third-order valence-corrected chi connectivity index (χ3v) is 7.98. The number of amides is 2. The molecule has 0 aliphatic heterocycles. The zero-order chi connectivity index (χ0) is 26.9. The highest BCUT2D eigenvalue weighted by molar-refractivity contribution is 7.99. The van der Waals surface area contributed by atoms with Gasteiger partial charge in [0, 0.05) is 24.8 Å². The fraction of sp³-hybridized carbons (Fsp3) is 0.286. The molecule has 0 spiro atoms. The van der Waals surface area contributed by atoms with Gasteiger partial charge >= 0.3 is 0 Å². The Kier molecular flexibility index (Phi) is 11.5. The minimum atomic E-state index is -0.711. The van der Waals surface area contributed by atoms with Crippen LogP contribution in [0.15, 0.2) is 66.7 Å². The van der Waals surface area contributed by atoms with Crippen molar-refractivity contribution in [1.29, 1.82) is 0 Å². The van der Waals surface area contributed by atoms with Crippen LogP contribution in [0.25, 0.3) is 0 Å². The van der Waals surface area contributed by atoms with Gasteiger partial charge in [-0.3, -0.25) is 9.59 Å². The number of rotatable bonds is 11. The second-order valence-electron chi connectivity index (χ2n) is 8.88. The van der Waals surface area contributed by atoms with Crippen LogP contribution in [0.1, 0.15) is 30.5 Å². The van der Waals surface area contributed by atoms with Crippen molar-refractivity contribution in [3.05, 3.63) is 104 Å². The van der Waals surface area contributed by atoms with Crippen LogP contribution in [-0.2, 0) is 28.3 Å². The maximum atomic E-state index is 13.7. The molecular weight excluding hydrogens is 570 g/mol. The van der Waals surface area contributed by atoms with Crippen molar-refractivity contribution in [2.75, 3.05) is 5.75 Å². The Hall–Kier alpha value is -1.89. The number of hydrogen-bond donors (Lipinski definition) is 1. The van der Waals surface area contributed by atoms with Gasteiger partial charge in [0.25, 0.3) is 0 Å². The Morgan fingerprint density at radius 2 is 1.41 bits per heavy atom. The van der Waals surface area contributed by atoms with Gasteiger partial charge in [0.05, 0.1) is 25.8 Å². The maximum Gasteiger partial charge on any atom is 0.243 e. The molecule has 3 rings (SSSR count). The monoisotopic (exact) mass is 596 g/mol. The zero-order valence-corrected chi connectivity index (χ0v) is 24.4. The summed E-state index contributed by atoms with van der Waals surface area (Å²) in [6.07, 6.45) is 0.379. The third-order valence-electron chi connectivity index (χ3n) is 5.52. The molecule has 3 aromatic rings. The normalized spacial score (nSPS) is 11.9. The summed E-state index contributed by atoms with van der Waals surface area (Å²) in [7, 11) is 0. The van der Waals surface area contributed by atoms with Crippen LogP contribution < -0.4 is 5.32 Å². The molecule has 1 N–H and O–H groups in total. The minimum absolute atomic E-state index is 0.0725. The fourth-order valence-corrected chi connectivity index (χ4v) is 5.24. The second kappa shape index (κ2) is 14.3. The van der Waals surface area contributed by atoms with E-state index in [2.05, 4.69) is 5.32 Å². The summed E-state index contributed by atoms with van der Waals surface area (Å²) in [5.41, 5.74) is 2.70. The van der Waals surface area contributed by atoms with Gasteiger partial charge in [-0.05, 0) is 54.8 Å². The Morgan fingerprint density at radius 1 is 0.811 bits per heavy atom. The summed E-state index contributed by atoms with van der Waals surface area (Å²) in [5, 5.41) is 4.77. The molecule has 0 aliphatic carbocycles. The third kappa shape index (κ3) is 9.12. The van der Waals surface area contributed by atoms with E-state index in [-0.39, 0.29) is 30.2 Å². The number of benzene rings is 3. The number of halogens is 4. The lowest BCUT2D eigenvalue weighted by Crippen LogP contribution is -2.52. The first-order chi connectivity index (χ1) is 17.6. The van der Waals surface area contributed by atoms with Crippen LogP contribution in [-0.4, -0.2) is 34.6 Å². The smallest absolute Gasteiger partial charge is 0.243 e. The zero-order valence-electron chi connectivity index (χ0n) is 20.5. The van der Waals surface area contributed by atoms with Crippen LogP contribution in [0.5, 0.6) is 0 Å². The van der Waals surface area contributed by atoms with E-state index in [0.717, 1.165) is 16.7 Å². The Labute approximate surface area is 242 Å². The lowest BCUT2D eigenvalue weighted by Gasteiger charge is -2.32. The summed E-state index contributed by atoms with van der Waals surface area (Å²) >= 11 is 26.0. The van der Waals surface area contributed by atoms with Crippen LogP contribution in [0.3, 0.4) is 0 Å². The first kappa shape index (κ1) is 29.7. The second-order valence-corrected chi connectivity index (χ2v) is 11.5. The molecule has 0 heterocycles. The molecule has 0 saturated heterocycles. The summed E-state index contributed by atoms with van der Waals surface area (Å²) in [6.45, 7) is 4.01. The maximum absolute atomic E-state index is 13.7. The highest BCUT2D eigenvalue weighted by Gasteiger charge is 2.30. The van der Waals surface area contributed by atoms with Crippen molar-refractivity contribution in [3.63, 3.8) is 0 Å². The van der Waals surface area contributed by atoms with E-state index in [1.165, 1.54) is 11.8 Å². The predicted molar refractivity (Wildman–Crippen MR) is 157 cm³/mol. The lowest BCUT2D eigenvalue weighted by atomic mass is 10.0. The summed E-state index contributed by atoms with van der Waals surface area (Å²) in [6, 6.07) is 19.6. The lowest BCUT2D eigenvalue weighted by molar-refractivity contribution is -0.139. The van der Waals surface area contributed by atoms with Crippen LogP contribution in [0.2, 0.25) is 20.1 Å². The number of thioether (sulfide) groups is 1. The Balaban J connectivity index is 1.86. The minimum Gasteiger partial charge on any atom is -0.352 e. The van der Waals surface area contributed by atoms with Crippen molar-refractivity contribution in [1.82, 2.24) is 10.2 Å². The molecule has 0 bridgehead atoms. The largest absolute Gasteiger partial charge is 0.352 e. The molecule has 3 aromatic carbocycles. The van der Waals surface area contributed by atoms with Gasteiger partial charge in [0.1, 0.15) is 6.04 Å². The number of nitrogens with one attached hydrogen (secondary N) is 1. The molecule has 0 aliphatic rings.